The molecule has 3 rings (SSSR count). The standard InChI is InChI=1S/C16H18N2O5/c1-3-21-15(19)13-9(2)17-16(20)18-14(13)10-4-5-11-12(8-10)23-7-6-22-11/h4-5,8,14H,3,6-7H2,1-2H3,(H2,17,18,20)/t14-/m1/s1. The number of hydrogen-bond donors (Lipinski definition) is 2. The van der Waals surface area contributed by atoms with Gasteiger partial charge in [-0.05, 0) is 31.5 Å². The molecule has 0 unspecified atom stereocenters. The zero-order valence-corrected chi connectivity index (χ0v) is 13.0. The molecule has 7 nitrogen and oxygen atoms in total. The fourth-order valence-electron chi connectivity index (χ4n) is 2.66. The lowest BCUT2D eigenvalue weighted by Crippen LogP contribution is -2.45. The van der Waals surface area contributed by atoms with E-state index in [0.29, 0.717) is 36.0 Å². The molecule has 0 fully saturated rings. The number of carbonyl (C=O) groups is 2. The summed E-state index contributed by atoms with van der Waals surface area (Å²) in [7, 11) is 0. The molecule has 2 aliphatic rings. The van der Waals surface area contributed by atoms with Crippen LogP contribution in [0.2, 0.25) is 0 Å². The number of urea groups is 1. The van der Waals surface area contributed by atoms with Crippen molar-refractivity contribution in [2.75, 3.05) is 19.8 Å². The summed E-state index contributed by atoms with van der Waals surface area (Å²) in [6.45, 7) is 4.65. The van der Waals surface area contributed by atoms with Crippen LogP contribution in [-0.2, 0) is 9.53 Å². The molecule has 1 aromatic rings. The molecule has 0 aromatic heterocycles. The number of carbonyl (C=O) groups excluding carboxylic acids is 2. The first-order valence-corrected chi connectivity index (χ1v) is 7.45. The summed E-state index contributed by atoms with van der Waals surface area (Å²) in [5, 5.41) is 5.36. The predicted molar refractivity (Wildman–Crippen MR) is 81.2 cm³/mol. The Kier molecular flexibility index (Phi) is 4.10. The van der Waals surface area contributed by atoms with E-state index < -0.39 is 12.0 Å². The van der Waals surface area contributed by atoms with Crippen LogP contribution in [0.15, 0.2) is 29.5 Å². The molecule has 7 heteroatoms. The van der Waals surface area contributed by atoms with Gasteiger partial charge >= 0.3 is 12.0 Å². The highest BCUT2D eigenvalue weighted by Gasteiger charge is 2.32. The summed E-state index contributed by atoms with van der Waals surface area (Å²) in [5.74, 6) is 0.790. The number of ether oxygens (including phenoxy) is 3. The first-order valence-electron chi connectivity index (χ1n) is 7.45. The van der Waals surface area contributed by atoms with Crippen LogP contribution in [0.4, 0.5) is 4.79 Å². The second-order valence-electron chi connectivity index (χ2n) is 5.19. The van der Waals surface area contributed by atoms with E-state index in [1.807, 2.05) is 0 Å². The van der Waals surface area contributed by atoms with Crippen LogP contribution in [0, 0.1) is 0 Å². The average molecular weight is 318 g/mol. The Labute approximate surface area is 133 Å². The molecule has 0 aliphatic carbocycles. The van der Waals surface area contributed by atoms with Gasteiger partial charge in [-0.25, -0.2) is 9.59 Å². The second kappa shape index (κ2) is 6.20. The van der Waals surface area contributed by atoms with E-state index in [1.165, 1.54) is 0 Å². The lowest BCUT2D eigenvalue weighted by Gasteiger charge is -2.29. The summed E-state index contributed by atoms with van der Waals surface area (Å²) in [6, 6.07) is 4.39. The Morgan fingerprint density at radius 3 is 2.78 bits per heavy atom. The number of esters is 1. The summed E-state index contributed by atoms with van der Waals surface area (Å²) >= 11 is 0. The number of hydrogen-bond acceptors (Lipinski definition) is 5. The third kappa shape index (κ3) is 2.94. The van der Waals surface area contributed by atoms with Gasteiger partial charge in [-0.1, -0.05) is 6.07 Å². The van der Waals surface area contributed by atoms with Gasteiger partial charge in [0.05, 0.1) is 18.2 Å². The molecule has 0 saturated carbocycles. The Hall–Kier alpha value is -2.70. The Morgan fingerprint density at radius 1 is 1.30 bits per heavy atom. The highest BCUT2D eigenvalue weighted by atomic mass is 16.6. The molecule has 1 atom stereocenters. The third-order valence-electron chi connectivity index (χ3n) is 3.66. The first-order chi connectivity index (χ1) is 11.1. The van der Waals surface area contributed by atoms with Crippen molar-refractivity contribution >= 4 is 12.0 Å². The van der Waals surface area contributed by atoms with Crippen LogP contribution < -0.4 is 20.1 Å². The summed E-state index contributed by atoms with van der Waals surface area (Å²) in [4.78, 5) is 24.1. The van der Waals surface area contributed by atoms with Crippen LogP contribution in [0.5, 0.6) is 11.5 Å². The molecule has 2 N–H and O–H groups in total. The molecule has 1 aromatic carbocycles. The minimum Gasteiger partial charge on any atom is -0.486 e. The SMILES string of the molecule is CCOC(=O)C1=C(C)NC(=O)N[C@@H]1c1ccc2c(c1)OCCO2. The highest BCUT2D eigenvalue weighted by molar-refractivity contribution is 5.95. The van der Waals surface area contributed by atoms with Gasteiger partial charge in [0.2, 0.25) is 0 Å². The van der Waals surface area contributed by atoms with Gasteiger partial charge in [-0.2, -0.15) is 0 Å². The van der Waals surface area contributed by atoms with E-state index in [2.05, 4.69) is 10.6 Å². The largest absolute Gasteiger partial charge is 0.486 e. The number of allylic oxidation sites excluding steroid dienone is 1. The lowest BCUT2D eigenvalue weighted by atomic mass is 9.95. The van der Waals surface area contributed by atoms with Crippen molar-refractivity contribution in [2.45, 2.75) is 19.9 Å². The monoisotopic (exact) mass is 318 g/mol. The summed E-state index contributed by atoms with van der Waals surface area (Å²) < 4.78 is 16.2. The Balaban J connectivity index is 1.99. The van der Waals surface area contributed by atoms with Crippen molar-refractivity contribution in [1.29, 1.82) is 0 Å². The Bertz CT molecular complexity index is 683. The van der Waals surface area contributed by atoms with E-state index in [4.69, 9.17) is 14.2 Å². The van der Waals surface area contributed by atoms with Crippen molar-refractivity contribution in [3.63, 3.8) is 0 Å². The zero-order chi connectivity index (χ0) is 16.4. The minimum atomic E-state index is -0.598. The molecule has 23 heavy (non-hydrogen) atoms. The summed E-state index contributed by atoms with van der Waals surface area (Å²) in [5.41, 5.74) is 1.58. The van der Waals surface area contributed by atoms with Crippen LogP contribution in [0.1, 0.15) is 25.5 Å². The number of fused-ring (bicyclic) bond motifs is 1. The van der Waals surface area contributed by atoms with Crippen LogP contribution in [-0.4, -0.2) is 31.8 Å². The first kappa shape index (κ1) is 15.2. The normalized spacial score (nSPS) is 19.7. The van der Waals surface area contributed by atoms with E-state index in [9.17, 15) is 9.59 Å². The second-order valence-corrected chi connectivity index (χ2v) is 5.19. The number of rotatable bonds is 3. The van der Waals surface area contributed by atoms with Gasteiger partial charge in [-0.15, -0.1) is 0 Å². The molecular formula is C16H18N2O5. The van der Waals surface area contributed by atoms with Gasteiger partial charge in [0.15, 0.2) is 11.5 Å². The molecule has 0 spiro atoms. The Morgan fingerprint density at radius 2 is 2.04 bits per heavy atom. The van der Waals surface area contributed by atoms with E-state index in [-0.39, 0.29) is 12.6 Å². The van der Waals surface area contributed by atoms with Crippen molar-refractivity contribution in [3.8, 4) is 11.5 Å². The van der Waals surface area contributed by atoms with Gasteiger partial charge in [0, 0.05) is 5.70 Å². The van der Waals surface area contributed by atoms with Crippen LogP contribution in [0.25, 0.3) is 0 Å². The van der Waals surface area contributed by atoms with Crippen molar-refractivity contribution in [1.82, 2.24) is 10.6 Å². The molecule has 2 heterocycles. The highest BCUT2D eigenvalue weighted by Crippen LogP contribution is 2.35. The van der Waals surface area contributed by atoms with Crippen LogP contribution in [0.3, 0.4) is 0 Å². The molecular weight excluding hydrogens is 300 g/mol. The molecule has 122 valence electrons. The molecule has 2 aliphatic heterocycles. The topological polar surface area (TPSA) is 85.9 Å². The van der Waals surface area contributed by atoms with E-state index >= 15 is 0 Å². The zero-order valence-electron chi connectivity index (χ0n) is 13.0. The molecule has 0 radical (unpaired) electrons. The van der Waals surface area contributed by atoms with E-state index in [0.717, 1.165) is 5.56 Å². The van der Waals surface area contributed by atoms with Crippen molar-refractivity contribution < 1.29 is 23.8 Å². The minimum absolute atomic E-state index is 0.261. The van der Waals surface area contributed by atoms with Gasteiger partial charge in [0.1, 0.15) is 13.2 Å². The molecule has 0 bridgehead atoms. The lowest BCUT2D eigenvalue weighted by molar-refractivity contribution is -0.139. The average Bonchev–Trinajstić information content (AvgIpc) is 2.53. The number of amides is 2. The van der Waals surface area contributed by atoms with Crippen molar-refractivity contribution in [2.24, 2.45) is 0 Å². The number of benzene rings is 1. The van der Waals surface area contributed by atoms with Crippen molar-refractivity contribution in [3.05, 3.63) is 35.0 Å². The van der Waals surface area contributed by atoms with E-state index in [1.54, 1.807) is 32.0 Å². The fourth-order valence-corrected chi connectivity index (χ4v) is 2.66. The van der Waals surface area contributed by atoms with Gasteiger partial charge in [0.25, 0.3) is 0 Å². The maximum Gasteiger partial charge on any atom is 0.338 e. The maximum atomic E-state index is 12.3. The number of nitrogens with one attached hydrogen (secondary N) is 2. The van der Waals surface area contributed by atoms with Crippen LogP contribution >= 0.6 is 0 Å². The molecule has 0 saturated heterocycles. The molecule has 2 amide bonds. The van der Waals surface area contributed by atoms with Gasteiger partial charge < -0.3 is 24.8 Å². The third-order valence-corrected chi connectivity index (χ3v) is 3.66. The predicted octanol–water partition coefficient (Wildman–Crippen LogP) is 1.65. The maximum absolute atomic E-state index is 12.3. The quantitative estimate of drug-likeness (QED) is 0.828. The smallest absolute Gasteiger partial charge is 0.338 e. The summed E-state index contributed by atoms with van der Waals surface area (Å²) in [6.07, 6.45) is 0. The van der Waals surface area contributed by atoms with Gasteiger partial charge in [-0.3, -0.25) is 0 Å². The fraction of sp³-hybridized carbons (Fsp3) is 0.375.